The van der Waals surface area contributed by atoms with Crippen LogP contribution in [0.2, 0.25) is 0 Å². The minimum Gasteiger partial charge on any atom is -0.477 e. The highest BCUT2D eigenvalue weighted by atomic mass is 16.5. The molecule has 0 spiro atoms. The summed E-state index contributed by atoms with van der Waals surface area (Å²) in [7, 11) is 0. The maximum absolute atomic E-state index is 5.99. The van der Waals surface area contributed by atoms with Crippen molar-refractivity contribution in [1.82, 2.24) is 0 Å². The highest BCUT2D eigenvalue weighted by Crippen LogP contribution is 2.21. The van der Waals surface area contributed by atoms with Crippen molar-refractivity contribution in [1.29, 1.82) is 0 Å². The van der Waals surface area contributed by atoms with E-state index in [1.54, 1.807) is 0 Å². The molecular formula is C18H27NO. The predicted molar refractivity (Wildman–Crippen MR) is 85.3 cm³/mol. The van der Waals surface area contributed by atoms with Crippen molar-refractivity contribution in [2.24, 2.45) is 10.9 Å². The van der Waals surface area contributed by atoms with E-state index in [1.807, 2.05) is 6.07 Å². The Labute approximate surface area is 123 Å². The van der Waals surface area contributed by atoms with Crippen molar-refractivity contribution in [2.75, 3.05) is 6.61 Å². The number of benzene rings is 1. The fourth-order valence-corrected chi connectivity index (χ4v) is 2.54. The molecular weight excluding hydrogens is 246 g/mol. The van der Waals surface area contributed by atoms with Crippen LogP contribution in [0.15, 0.2) is 35.3 Å². The van der Waals surface area contributed by atoms with E-state index < -0.39 is 0 Å². The van der Waals surface area contributed by atoms with Crippen molar-refractivity contribution >= 4 is 5.90 Å². The predicted octanol–water partition coefficient (Wildman–Crippen LogP) is 4.83. The summed E-state index contributed by atoms with van der Waals surface area (Å²) >= 11 is 0. The second kappa shape index (κ2) is 8.08. The average molecular weight is 273 g/mol. The van der Waals surface area contributed by atoms with Gasteiger partial charge >= 0.3 is 0 Å². The standard InChI is InChI=1S/C18H27NO/c1-15(2)13-14-20-18(16-9-5-3-6-10-16)19-17-11-7-4-8-12-17/h3,5-6,9-10,15,17H,4,7-8,11-14H2,1-2H3. The summed E-state index contributed by atoms with van der Waals surface area (Å²) in [5.74, 6) is 1.51. The molecule has 1 aromatic rings. The number of ether oxygens (including phenoxy) is 1. The first-order chi connectivity index (χ1) is 9.75. The van der Waals surface area contributed by atoms with E-state index in [1.165, 1.54) is 32.1 Å². The largest absolute Gasteiger partial charge is 0.477 e. The van der Waals surface area contributed by atoms with Gasteiger partial charge in [-0.2, -0.15) is 0 Å². The zero-order chi connectivity index (χ0) is 14.2. The van der Waals surface area contributed by atoms with Gasteiger partial charge < -0.3 is 4.74 Å². The number of hydrogen-bond donors (Lipinski definition) is 0. The lowest BCUT2D eigenvalue weighted by atomic mass is 9.96. The second-order valence-corrected chi connectivity index (χ2v) is 6.12. The molecule has 2 rings (SSSR count). The normalized spacial score (nSPS) is 17.4. The molecule has 0 bridgehead atoms. The Kier molecular flexibility index (Phi) is 6.10. The van der Waals surface area contributed by atoms with E-state index in [-0.39, 0.29) is 0 Å². The number of rotatable bonds is 5. The summed E-state index contributed by atoms with van der Waals surface area (Å²) in [6.07, 6.45) is 7.48. The molecule has 0 heterocycles. The van der Waals surface area contributed by atoms with E-state index in [9.17, 15) is 0 Å². The molecule has 0 radical (unpaired) electrons. The van der Waals surface area contributed by atoms with Gasteiger partial charge in [-0.15, -0.1) is 0 Å². The monoisotopic (exact) mass is 273 g/mol. The molecule has 0 atom stereocenters. The summed E-state index contributed by atoms with van der Waals surface area (Å²) in [6, 6.07) is 10.8. The molecule has 0 aromatic heterocycles. The van der Waals surface area contributed by atoms with Gasteiger partial charge in [-0.25, -0.2) is 4.99 Å². The van der Waals surface area contributed by atoms with Crippen molar-refractivity contribution < 1.29 is 4.74 Å². The first kappa shape index (κ1) is 15.1. The third-order valence-electron chi connectivity index (χ3n) is 3.83. The minimum atomic E-state index is 0.456. The molecule has 1 saturated carbocycles. The van der Waals surface area contributed by atoms with E-state index in [0.717, 1.165) is 24.5 Å². The Bertz CT molecular complexity index is 405. The molecule has 2 heteroatoms. The van der Waals surface area contributed by atoms with Gasteiger partial charge in [0.25, 0.3) is 0 Å². The van der Waals surface area contributed by atoms with Crippen LogP contribution >= 0.6 is 0 Å². The van der Waals surface area contributed by atoms with E-state index in [4.69, 9.17) is 9.73 Å². The first-order valence-corrected chi connectivity index (χ1v) is 8.01. The molecule has 1 aliphatic carbocycles. The molecule has 20 heavy (non-hydrogen) atoms. The van der Waals surface area contributed by atoms with Crippen LogP contribution in [0.25, 0.3) is 0 Å². The third kappa shape index (κ3) is 4.99. The maximum Gasteiger partial charge on any atom is 0.216 e. The molecule has 1 aliphatic rings. The van der Waals surface area contributed by atoms with Crippen LogP contribution in [-0.4, -0.2) is 18.5 Å². The highest BCUT2D eigenvalue weighted by Gasteiger charge is 2.15. The lowest BCUT2D eigenvalue weighted by molar-refractivity contribution is 0.274. The van der Waals surface area contributed by atoms with Gasteiger partial charge in [0, 0.05) is 5.56 Å². The summed E-state index contributed by atoms with van der Waals surface area (Å²) in [4.78, 5) is 4.90. The summed E-state index contributed by atoms with van der Waals surface area (Å²) in [5, 5.41) is 0. The fraction of sp³-hybridized carbons (Fsp3) is 0.611. The molecule has 1 aromatic carbocycles. The molecule has 110 valence electrons. The van der Waals surface area contributed by atoms with Crippen LogP contribution in [-0.2, 0) is 4.74 Å². The quantitative estimate of drug-likeness (QED) is 0.556. The molecule has 0 saturated heterocycles. The van der Waals surface area contributed by atoms with Crippen molar-refractivity contribution in [3.63, 3.8) is 0 Å². The third-order valence-corrected chi connectivity index (χ3v) is 3.83. The Morgan fingerprint density at radius 1 is 1.15 bits per heavy atom. The second-order valence-electron chi connectivity index (χ2n) is 6.12. The van der Waals surface area contributed by atoms with Crippen LogP contribution < -0.4 is 0 Å². The van der Waals surface area contributed by atoms with Crippen LogP contribution in [0, 0.1) is 5.92 Å². The van der Waals surface area contributed by atoms with Gasteiger partial charge in [0.2, 0.25) is 5.90 Å². The highest BCUT2D eigenvalue weighted by molar-refractivity contribution is 5.94. The van der Waals surface area contributed by atoms with Gasteiger partial charge in [-0.1, -0.05) is 51.3 Å². The molecule has 0 N–H and O–H groups in total. The van der Waals surface area contributed by atoms with Crippen molar-refractivity contribution in [3.8, 4) is 0 Å². The van der Waals surface area contributed by atoms with E-state index in [0.29, 0.717) is 12.0 Å². The SMILES string of the molecule is CC(C)CCOC(=NC1CCCCC1)c1ccccc1. The van der Waals surface area contributed by atoms with Gasteiger partial charge in [0.05, 0.1) is 12.6 Å². The summed E-state index contributed by atoms with van der Waals surface area (Å²) in [6.45, 7) is 5.21. The first-order valence-electron chi connectivity index (χ1n) is 8.01. The maximum atomic E-state index is 5.99. The van der Waals surface area contributed by atoms with Gasteiger partial charge in [-0.3, -0.25) is 0 Å². The minimum absolute atomic E-state index is 0.456. The molecule has 0 aliphatic heterocycles. The Hall–Kier alpha value is -1.31. The molecule has 0 amide bonds. The molecule has 1 fully saturated rings. The van der Waals surface area contributed by atoms with E-state index in [2.05, 4.69) is 38.1 Å². The Morgan fingerprint density at radius 2 is 1.85 bits per heavy atom. The Balaban J connectivity index is 2.04. The smallest absolute Gasteiger partial charge is 0.216 e. The van der Waals surface area contributed by atoms with Crippen LogP contribution in [0.5, 0.6) is 0 Å². The average Bonchev–Trinajstić information content (AvgIpc) is 2.48. The number of hydrogen-bond acceptors (Lipinski definition) is 2. The summed E-state index contributed by atoms with van der Waals surface area (Å²) < 4.78 is 5.99. The van der Waals surface area contributed by atoms with Gasteiger partial charge in [-0.05, 0) is 37.3 Å². The topological polar surface area (TPSA) is 21.6 Å². The number of aliphatic imine (C=N–C) groups is 1. The van der Waals surface area contributed by atoms with E-state index >= 15 is 0 Å². The Morgan fingerprint density at radius 3 is 2.50 bits per heavy atom. The lowest BCUT2D eigenvalue weighted by Gasteiger charge is -2.20. The van der Waals surface area contributed by atoms with Crippen LogP contribution in [0.4, 0.5) is 0 Å². The van der Waals surface area contributed by atoms with Gasteiger partial charge in [0.15, 0.2) is 0 Å². The lowest BCUT2D eigenvalue weighted by Crippen LogP contribution is -2.16. The zero-order valence-electron chi connectivity index (χ0n) is 12.8. The van der Waals surface area contributed by atoms with Crippen LogP contribution in [0.1, 0.15) is 57.9 Å². The summed E-state index contributed by atoms with van der Waals surface area (Å²) in [5.41, 5.74) is 1.11. The molecule has 0 unspecified atom stereocenters. The molecule has 2 nitrogen and oxygen atoms in total. The number of nitrogens with zero attached hydrogens (tertiary/aromatic N) is 1. The van der Waals surface area contributed by atoms with Crippen LogP contribution in [0.3, 0.4) is 0 Å². The van der Waals surface area contributed by atoms with Gasteiger partial charge in [0.1, 0.15) is 0 Å². The van der Waals surface area contributed by atoms with Crippen molar-refractivity contribution in [2.45, 2.75) is 58.4 Å². The van der Waals surface area contributed by atoms with Crippen molar-refractivity contribution in [3.05, 3.63) is 35.9 Å². The fourth-order valence-electron chi connectivity index (χ4n) is 2.54. The zero-order valence-corrected chi connectivity index (χ0v) is 12.8.